The highest BCUT2D eigenvalue weighted by molar-refractivity contribution is 5.00. The van der Waals surface area contributed by atoms with Crippen LogP contribution in [0.1, 0.15) is 0 Å². The highest BCUT2D eigenvalue weighted by Gasteiger charge is 1.87. The highest BCUT2D eigenvalue weighted by atomic mass is 16.3. The van der Waals surface area contributed by atoms with Gasteiger partial charge in [-0.25, -0.2) is 0 Å². The third kappa shape index (κ3) is 2.29. The number of allylic oxidation sites excluding steroid dienone is 2. The molecule has 46 valence electrons. The Labute approximate surface area is 49.7 Å². The van der Waals surface area contributed by atoms with E-state index in [0.717, 1.165) is 0 Å². The van der Waals surface area contributed by atoms with Gasteiger partial charge in [-0.3, -0.25) is 0 Å². The molecule has 0 aromatic rings. The third-order valence-electron chi connectivity index (χ3n) is 0.725. The van der Waals surface area contributed by atoms with E-state index in [2.05, 4.69) is 6.58 Å². The third-order valence-corrected chi connectivity index (χ3v) is 0.725. The molecule has 0 heterocycles. The lowest BCUT2D eigenvalue weighted by atomic mass is 10.5. The average molecular weight is 113 g/mol. The van der Waals surface area contributed by atoms with Crippen LogP contribution >= 0.6 is 0 Å². The summed E-state index contributed by atoms with van der Waals surface area (Å²) in [7, 11) is 3.52. The number of hydrogen-bond donors (Lipinski definition) is 1. The lowest BCUT2D eigenvalue weighted by Crippen LogP contribution is -2.09. The molecule has 2 heteroatoms. The fourth-order valence-corrected chi connectivity index (χ4v) is 0.254. The number of hydrogen-bond acceptors (Lipinski definition) is 2. The second kappa shape index (κ2) is 3.13. The Hall–Kier alpha value is -0.920. The van der Waals surface area contributed by atoms with Crippen molar-refractivity contribution >= 4 is 0 Å². The van der Waals surface area contributed by atoms with Gasteiger partial charge in [-0.05, 0) is 6.08 Å². The van der Waals surface area contributed by atoms with Crippen molar-refractivity contribution in [2.75, 3.05) is 14.1 Å². The number of aliphatic hydroxyl groups excluding tert-OH is 1. The van der Waals surface area contributed by atoms with Crippen molar-refractivity contribution in [1.29, 1.82) is 0 Å². The molecule has 0 aromatic heterocycles. The molecule has 0 atom stereocenters. The minimum atomic E-state index is 0.222. The Morgan fingerprint density at radius 1 is 1.62 bits per heavy atom. The molecule has 0 aliphatic carbocycles. The Bertz CT molecular complexity index is 105. The zero-order valence-corrected chi connectivity index (χ0v) is 5.26. The predicted octanol–water partition coefficient (Wildman–Crippen LogP) is 1.13. The Balaban J connectivity index is 3.78. The van der Waals surface area contributed by atoms with Crippen LogP contribution in [0.25, 0.3) is 0 Å². The van der Waals surface area contributed by atoms with Gasteiger partial charge in [0.25, 0.3) is 0 Å². The summed E-state index contributed by atoms with van der Waals surface area (Å²) in [5, 5.41) is 8.84. The van der Waals surface area contributed by atoms with Crippen molar-refractivity contribution < 1.29 is 5.11 Å². The summed E-state index contributed by atoms with van der Waals surface area (Å²) < 4.78 is 0. The van der Waals surface area contributed by atoms with Crippen molar-refractivity contribution in [1.82, 2.24) is 4.90 Å². The normalized spacial score (nSPS) is 11.0. The maximum absolute atomic E-state index is 8.84. The summed E-state index contributed by atoms with van der Waals surface area (Å²) in [5.41, 5.74) is 0. The molecule has 0 amide bonds. The summed E-state index contributed by atoms with van der Waals surface area (Å²) in [5.74, 6) is 0.222. The second-order valence-corrected chi connectivity index (χ2v) is 1.65. The monoisotopic (exact) mass is 113 g/mol. The van der Waals surface area contributed by atoms with Crippen LogP contribution in [0.15, 0.2) is 24.6 Å². The average Bonchev–Trinajstić information content (AvgIpc) is 1.67. The molecule has 0 spiro atoms. The summed E-state index contributed by atoms with van der Waals surface area (Å²) in [6.45, 7) is 3.42. The van der Waals surface area contributed by atoms with Crippen LogP contribution in [0.2, 0.25) is 0 Å². The fourth-order valence-electron chi connectivity index (χ4n) is 0.254. The molecule has 0 bridgehead atoms. The minimum absolute atomic E-state index is 0.222. The maximum Gasteiger partial charge on any atom is 0.186 e. The molecule has 0 radical (unpaired) electrons. The van der Waals surface area contributed by atoms with Crippen molar-refractivity contribution in [2.24, 2.45) is 0 Å². The zero-order valence-electron chi connectivity index (χ0n) is 5.26. The Morgan fingerprint density at radius 2 is 2.12 bits per heavy atom. The molecule has 8 heavy (non-hydrogen) atoms. The van der Waals surface area contributed by atoms with Gasteiger partial charge in [-0.1, -0.05) is 12.7 Å². The van der Waals surface area contributed by atoms with Crippen molar-refractivity contribution in [2.45, 2.75) is 0 Å². The molecule has 0 aromatic carbocycles. The summed E-state index contributed by atoms with van der Waals surface area (Å²) in [4.78, 5) is 1.60. The van der Waals surface area contributed by atoms with Gasteiger partial charge in [0, 0.05) is 14.1 Å². The maximum atomic E-state index is 8.84. The number of aliphatic hydroxyl groups is 1. The smallest absolute Gasteiger partial charge is 0.186 e. The number of rotatable bonds is 2. The second-order valence-electron chi connectivity index (χ2n) is 1.65. The standard InChI is InChI=1S/C6H11NO/c1-4-5-6(8)7(2)3/h4-5,8H,1H2,2-3H3/b6-5-. The highest BCUT2D eigenvalue weighted by Crippen LogP contribution is 1.89. The van der Waals surface area contributed by atoms with Crippen molar-refractivity contribution in [3.05, 3.63) is 24.6 Å². The fraction of sp³-hybridized carbons (Fsp3) is 0.333. The van der Waals surface area contributed by atoms with Gasteiger partial charge in [0.05, 0.1) is 0 Å². The molecule has 0 fully saturated rings. The van der Waals surface area contributed by atoms with E-state index in [1.807, 2.05) is 0 Å². The van der Waals surface area contributed by atoms with E-state index in [9.17, 15) is 0 Å². The lowest BCUT2D eigenvalue weighted by molar-refractivity contribution is 0.264. The first-order valence-corrected chi connectivity index (χ1v) is 2.37. The minimum Gasteiger partial charge on any atom is -0.495 e. The van der Waals surface area contributed by atoms with E-state index >= 15 is 0 Å². The molecular weight excluding hydrogens is 102 g/mol. The molecule has 0 saturated heterocycles. The molecule has 0 aliphatic heterocycles. The molecule has 0 unspecified atom stereocenters. The van der Waals surface area contributed by atoms with E-state index in [-0.39, 0.29) is 5.88 Å². The van der Waals surface area contributed by atoms with Gasteiger partial charge in [0.1, 0.15) is 0 Å². The Kier molecular flexibility index (Phi) is 2.77. The number of nitrogens with zero attached hydrogens (tertiary/aromatic N) is 1. The van der Waals surface area contributed by atoms with E-state index < -0.39 is 0 Å². The SMILES string of the molecule is C=C/C=C(\O)N(C)C. The van der Waals surface area contributed by atoms with Gasteiger partial charge in [0.15, 0.2) is 5.88 Å². The molecule has 0 rings (SSSR count). The first-order chi connectivity index (χ1) is 3.68. The molecule has 0 saturated carbocycles. The van der Waals surface area contributed by atoms with Crippen molar-refractivity contribution in [3.8, 4) is 0 Å². The first kappa shape index (κ1) is 7.08. The zero-order chi connectivity index (χ0) is 6.57. The van der Waals surface area contributed by atoms with E-state index in [1.165, 1.54) is 12.2 Å². The largest absolute Gasteiger partial charge is 0.495 e. The topological polar surface area (TPSA) is 23.5 Å². The van der Waals surface area contributed by atoms with E-state index in [4.69, 9.17) is 5.11 Å². The molecule has 1 N–H and O–H groups in total. The van der Waals surface area contributed by atoms with Crippen LogP contribution in [-0.2, 0) is 0 Å². The van der Waals surface area contributed by atoms with Crippen LogP contribution in [0.4, 0.5) is 0 Å². The van der Waals surface area contributed by atoms with Gasteiger partial charge in [-0.15, -0.1) is 0 Å². The lowest BCUT2D eigenvalue weighted by Gasteiger charge is -2.08. The van der Waals surface area contributed by atoms with Crippen LogP contribution in [0.5, 0.6) is 0 Å². The first-order valence-electron chi connectivity index (χ1n) is 2.37. The predicted molar refractivity (Wildman–Crippen MR) is 34.6 cm³/mol. The van der Waals surface area contributed by atoms with Gasteiger partial charge >= 0.3 is 0 Å². The van der Waals surface area contributed by atoms with E-state index in [1.54, 1.807) is 19.0 Å². The molecular formula is C6H11NO. The van der Waals surface area contributed by atoms with Crippen LogP contribution in [0.3, 0.4) is 0 Å². The van der Waals surface area contributed by atoms with Crippen LogP contribution < -0.4 is 0 Å². The quantitative estimate of drug-likeness (QED) is 0.428. The van der Waals surface area contributed by atoms with Crippen LogP contribution in [-0.4, -0.2) is 24.1 Å². The van der Waals surface area contributed by atoms with Gasteiger partial charge < -0.3 is 10.0 Å². The molecule has 0 aliphatic rings. The van der Waals surface area contributed by atoms with E-state index in [0.29, 0.717) is 0 Å². The Morgan fingerprint density at radius 3 is 2.25 bits per heavy atom. The summed E-state index contributed by atoms with van der Waals surface area (Å²) in [6, 6.07) is 0. The van der Waals surface area contributed by atoms with Gasteiger partial charge in [0.2, 0.25) is 0 Å². The van der Waals surface area contributed by atoms with Crippen LogP contribution in [0, 0.1) is 0 Å². The summed E-state index contributed by atoms with van der Waals surface area (Å²) >= 11 is 0. The van der Waals surface area contributed by atoms with Crippen molar-refractivity contribution in [3.63, 3.8) is 0 Å². The molecule has 2 nitrogen and oxygen atoms in total. The summed E-state index contributed by atoms with van der Waals surface area (Å²) in [6.07, 6.45) is 3.06. The van der Waals surface area contributed by atoms with Gasteiger partial charge in [-0.2, -0.15) is 0 Å².